The van der Waals surface area contributed by atoms with Gasteiger partial charge in [-0.15, -0.1) is 0 Å². The summed E-state index contributed by atoms with van der Waals surface area (Å²) in [6.45, 7) is 15.2. The second-order valence-electron chi connectivity index (χ2n) is 9.08. The number of halogens is 4. The van der Waals surface area contributed by atoms with Crippen molar-refractivity contribution in [3.05, 3.63) is 70.8 Å². The Hall–Kier alpha value is -2.90. The van der Waals surface area contributed by atoms with E-state index in [1.165, 1.54) is 36.4 Å². The van der Waals surface area contributed by atoms with Gasteiger partial charge in [0.25, 0.3) is 0 Å². The van der Waals surface area contributed by atoms with Crippen LogP contribution in [0.1, 0.15) is 66.5 Å². The van der Waals surface area contributed by atoms with Crippen LogP contribution in [0.5, 0.6) is 0 Å². The van der Waals surface area contributed by atoms with E-state index in [0.717, 1.165) is 0 Å². The fraction of sp³-hybridized carbons (Fsp3) is 0.462. The molecule has 2 aromatic rings. The number of nitrogens with zero attached hydrogens (tertiary/aromatic N) is 2. The van der Waals surface area contributed by atoms with Gasteiger partial charge in [-0.1, -0.05) is 12.1 Å². The number of rotatable bonds is 6. The van der Waals surface area contributed by atoms with E-state index in [0.29, 0.717) is 0 Å². The minimum Gasteiger partial charge on any atom is -0.352 e. The van der Waals surface area contributed by atoms with Gasteiger partial charge in [-0.05, 0) is 79.7 Å². The molecule has 2 aromatic carbocycles. The summed E-state index contributed by atoms with van der Waals surface area (Å²) < 4.78 is 54.3. The number of nitrogens with one attached hydrogen (secondary N) is 2. The van der Waals surface area contributed by atoms with Gasteiger partial charge in [-0.2, -0.15) is 0 Å². The molecule has 0 spiro atoms. The van der Waals surface area contributed by atoms with E-state index in [4.69, 9.17) is 10.8 Å². The first kappa shape index (κ1) is 29.1. The second kappa shape index (κ2) is 12.5. The average Bonchev–Trinajstić information content (AvgIpc) is 2.67. The first-order valence-corrected chi connectivity index (χ1v) is 11.3. The highest BCUT2D eigenvalue weighted by Gasteiger charge is 2.24. The van der Waals surface area contributed by atoms with Crippen molar-refractivity contribution >= 4 is 11.7 Å². The monoisotopic (exact) mass is 480 g/mol. The van der Waals surface area contributed by atoms with E-state index in [9.17, 15) is 17.6 Å². The third-order valence-corrected chi connectivity index (χ3v) is 5.14. The van der Waals surface area contributed by atoms with Crippen molar-refractivity contribution in [2.75, 3.05) is 0 Å². The zero-order chi connectivity index (χ0) is 26.3. The molecule has 0 bridgehead atoms. The standard InChI is InChI=1S/2C13H18F2N2/c2*1-8(2)17(9(3)4)13(16)12-10(14)6-5-7-11(12)15/h2*5-9,16H,1-4H3. The molecule has 0 amide bonds. The van der Waals surface area contributed by atoms with Gasteiger partial charge in [0.05, 0.1) is 11.1 Å². The molecular weight excluding hydrogens is 444 g/mol. The number of benzene rings is 2. The summed E-state index contributed by atoms with van der Waals surface area (Å²) in [6.07, 6.45) is 0. The Kier molecular flexibility index (Phi) is 10.7. The topological polar surface area (TPSA) is 54.2 Å². The van der Waals surface area contributed by atoms with Gasteiger partial charge < -0.3 is 9.80 Å². The Morgan fingerprint density at radius 2 is 0.735 bits per heavy atom. The fourth-order valence-corrected chi connectivity index (χ4v) is 3.93. The SMILES string of the molecule is CC(C)N(C(=N)c1c(F)cccc1F)C(C)C.CC(C)N(C(=N)c1c(F)cccc1F)C(C)C. The lowest BCUT2D eigenvalue weighted by Crippen LogP contribution is -2.42. The highest BCUT2D eigenvalue weighted by atomic mass is 19.1. The molecule has 0 saturated heterocycles. The van der Waals surface area contributed by atoms with Crippen LogP contribution in [0.2, 0.25) is 0 Å². The summed E-state index contributed by atoms with van der Waals surface area (Å²) in [5, 5.41) is 16.0. The molecule has 0 radical (unpaired) electrons. The summed E-state index contributed by atoms with van der Waals surface area (Å²) in [5.74, 6) is -2.98. The van der Waals surface area contributed by atoms with E-state index >= 15 is 0 Å². The Balaban J connectivity index is 0.000000340. The van der Waals surface area contributed by atoms with Crippen LogP contribution in [0.3, 0.4) is 0 Å². The molecule has 0 unspecified atom stereocenters. The summed E-state index contributed by atoms with van der Waals surface area (Å²) in [7, 11) is 0. The van der Waals surface area contributed by atoms with E-state index in [1.54, 1.807) is 9.80 Å². The second-order valence-corrected chi connectivity index (χ2v) is 9.08. The molecule has 2 rings (SSSR count). The number of hydrogen-bond donors (Lipinski definition) is 2. The molecule has 0 aromatic heterocycles. The van der Waals surface area contributed by atoms with Crippen LogP contribution in [0, 0.1) is 34.1 Å². The summed E-state index contributed by atoms with van der Waals surface area (Å²) >= 11 is 0. The quantitative estimate of drug-likeness (QED) is 0.271. The largest absolute Gasteiger partial charge is 0.352 e. The molecule has 8 heteroatoms. The summed E-state index contributed by atoms with van der Waals surface area (Å²) in [4.78, 5) is 3.36. The molecule has 0 aliphatic carbocycles. The Morgan fingerprint density at radius 3 is 0.912 bits per heavy atom. The smallest absolute Gasteiger partial charge is 0.137 e. The lowest BCUT2D eigenvalue weighted by molar-refractivity contribution is 0.289. The van der Waals surface area contributed by atoms with Crippen LogP contribution >= 0.6 is 0 Å². The molecule has 0 atom stereocenters. The molecule has 34 heavy (non-hydrogen) atoms. The van der Waals surface area contributed by atoms with Gasteiger partial charge in [0, 0.05) is 24.2 Å². The van der Waals surface area contributed by atoms with Crippen molar-refractivity contribution in [1.82, 2.24) is 9.80 Å². The van der Waals surface area contributed by atoms with Crippen LogP contribution in [-0.4, -0.2) is 45.6 Å². The average molecular weight is 481 g/mol. The Labute approximate surface area is 200 Å². The highest BCUT2D eigenvalue weighted by molar-refractivity contribution is 5.97. The summed E-state index contributed by atoms with van der Waals surface area (Å²) in [5.41, 5.74) is -0.509. The maximum Gasteiger partial charge on any atom is 0.137 e. The highest BCUT2D eigenvalue weighted by Crippen LogP contribution is 2.19. The molecule has 0 aliphatic rings. The number of hydrogen-bond acceptors (Lipinski definition) is 2. The fourth-order valence-electron chi connectivity index (χ4n) is 3.93. The molecule has 188 valence electrons. The van der Waals surface area contributed by atoms with Crippen LogP contribution in [0.25, 0.3) is 0 Å². The molecule has 0 heterocycles. The predicted octanol–water partition coefficient (Wildman–Crippen LogP) is 6.82. The molecule has 0 fully saturated rings. The molecule has 0 saturated carbocycles. The van der Waals surface area contributed by atoms with E-state index in [2.05, 4.69) is 0 Å². The van der Waals surface area contributed by atoms with Gasteiger partial charge >= 0.3 is 0 Å². The van der Waals surface area contributed by atoms with E-state index < -0.39 is 23.3 Å². The van der Waals surface area contributed by atoms with Gasteiger partial charge in [-0.25, -0.2) is 17.6 Å². The first-order valence-electron chi connectivity index (χ1n) is 11.3. The van der Waals surface area contributed by atoms with Crippen molar-refractivity contribution in [1.29, 1.82) is 10.8 Å². The lowest BCUT2D eigenvalue weighted by Gasteiger charge is -2.33. The van der Waals surface area contributed by atoms with Crippen LogP contribution < -0.4 is 0 Å². The Bertz CT molecular complexity index is 851. The van der Waals surface area contributed by atoms with Crippen molar-refractivity contribution < 1.29 is 17.6 Å². The normalized spacial score (nSPS) is 11.1. The minimum absolute atomic E-state index is 0.0153. The van der Waals surface area contributed by atoms with Crippen LogP contribution in [0.4, 0.5) is 17.6 Å². The Morgan fingerprint density at radius 1 is 0.529 bits per heavy atom. The van der Waals surface area contributed by atoms with Gasteiger partial charge in [0.15, 0.2) is 0 Å². The van der Waals surface area contributed by atoms with Crippen molar-refractivity contribution in [2.45, 2.75) is 79.6 Å². The van der Waals surface area contributed by atoms with Crippen molar-refractivity contribution in [2.24, 2.45) is 0 Å². The maximum absolute atomic E-state index is 13.6. The van der Waals surface area contributed by atoms with Crippen molar-refractivity contribution in [3.8, 4) is 0 Å². The predicted molar refractivity (Wildman–Crippen MR) is 131 cm³/mol. The van der Waals surface area contributed by atoms with Crippen molar-refractivity contribution in [3.63, 3.8) is 0 Å². The molecule has 2 N–H and O–H groups in total. The third kappa shape index (κ3) is 7.05. The zero-order valence-corrected chi connectivity index (χ0v) is 21.2. The van der Waals surface area contributed by atoms with Gasteiger partial charge in [0.2, 0.25) is 0 Å². The van der Waals surface area contributed by atoms with E-state index in [1.807, 2.05) is 55.4 Å². The molecule has 0 aliphatic heterocycles. The van der Waals surface area contributed by atoms with Crippen LogP contribution in [-0.2, 0) is 0 Å². The summed E-state index contributed by atoms with van der Waals surface area (Å²) in [6, 6.07) is 7.36. The van der Waals surface area contributed by atoms with E-state index in [-0.39, 0.29) is 47.0 Å². The minimum atomic E-state index is -0.693. The van der Waals surface area contributed by atoms with Gasteiger partial charge in [0.1, 0.15) is 34.9 Å². The first-order chi connectivity index (χ1) is 15.7. The zero-order valence-electron chi connectivity index (χ0n) is 21.2. The number of amidine groups is 2. The van der Waals surface area contributed by atoms with Gasteiger partial charge in [-0.3, -0.25) is 10.8 Å². The third-order valence-electron chi connectivity index (χ3n) is 5.14. The lowest BCUT2D eigenvalue weighted by atomic mass is 10.1. The maximum atomic E-state index is 13.6. The molecule has 4 nitrogen and oxygen atoms in total. The molecular formula is C26H36F4N4. The van der Waals surface area contributed by atoms with Crippen LogP contribution in [0.15, 0.2) is 36.4 Å².